The molecule has 3 atom stereocenters. The smallest absolute Gasteiger partial charge is 0.312 e. The molecule has 0 radical (unpaired) electrons. The van der Waals surface area contributed by atoms with E-state index in [0.717, 1.165) is 16.1 Å². The summed E-state index contributed by atoms with van der Waals surface area (Å²) >= 11 is 1.61. The van der Waals surface area contributed by atoms with E-state index in [9.17, 15) is 14.7 Å². The number of nitrogens with zero attached hydrogens (tertiary/aromatic N) is 1. The fourth-order valence-electron chi connectivity index (χ4n) is 4.44. The molecular formula is C23H24N2O4S. The van der Waals surface area contributed by atoms with E-state index in [-0.39, 0.29) is 12.0 Å². The number of esters is 1. The molecule has 3 unspecified atom stereocenters. The summed E-state index contributed by atoms with van der Waals surface area (Å²) in [7, 11) is 1.31. The highest BCUT2D eigenvalue weighted by molar-refractivity contribution is 7.98. The van der Waals surface area contributed by atoms with Crippen molar-refractivity contribution < 1.29 is 14.6 Å². The van der Waals surface area contributed by atoms with Gasteiger partial charge in [0.15, 0.2) is 0 Å². The molecule has 0 spiro atoms. The third-order valence-corrected chi connectivity index (χ3v) is 6.57. The zero-order valence-electron chi connectivity index (χ0n) is 17.1. The van der Waals surface area contributed by atoms with Crippen molar-refractivity contribution >= 4 is 17.7 Å². The zero-order chi connectivity index (χ0) is 21.5. The molecule has 0 saturated carbocycles. The summed E-state index contributed by atoms with van der Waals surface area (Å²) in [6.45, 7) is 1.63. The number of aromatic nitrogens is 2. The van der Waals surface area contributed by atoms with E-state index in [1.165, 1.54) is 7.11 Å². The fourth-order valence-corrected chi connectivity index (χ4v) is 4.84. The molecule has 7 heteroatoms. The molecule has 156 valence electrons. The van der Waals surface area contributed by atoms with E-state index in [1.54, 1.807) is 23.4 Å². The van der Waals surface area contributed by atoms with Gasteiger partial charge in [-0.05, 0) is 43.0 Å². The van der Waals surface area contributed by atoms with Crippen LogP contribution in [-0.4, -0.2) is 39.8 Å². The second-order valence-electron chi connectivity index (χ2n) is 7.76. The quantitative estimate of drug-likeness (QED) is 0.497. The van der Waals surface area contributed by atoms with E-state index < -0.39 is 23.4 Å². The lowest BCUT2D eigenvalue weighted by Gasteiger charge is -2.40. The molecule has 1 aliphatic rings. The molecule has 1 aliphatic carbocycles. The first-order chi connectivity index (χ1) is 14.4. The summed E-state index contributed by atoms with van der Waals surface area (Å²) in [5.41, 5.74) is 1.10. The lowest BCUT2D eigenvalue weighted by Crippen LogP contribution is -2.50. The molecule has 0 saturated heterocycles. The van der Waals surface area contributed by atoms with Gasteiger partial charge in [-0.15, -0.1) is 11.8 Å². The van der Waals surface area contributed by atoms with Crippen molar-refractivity contribution in [2.75, 3.05) is 13.4 Å². The number of H-pyrrole nitrogens is 1. The number of benzene rings is 2. The minimum absolute atomic E-state index is 0.148. The van der Waals surface area contributed by atoms with Crippen LogP contribution in [0, 0.1) is 5.92 Å². The van der Waals surface area contributed by atoms with Crippen LogP contribution in [0.15, 0.2) is 64.3 Å². The summed E-state index contributed by atoms with van der Waals surface area (Å²) in [5, 5.41) is 14.3. The third-order valence-electron chi connectivity index (χ3n) is 5.82. The number of aromatic amines is 1. The normalized spacial score (nSPS) is 23.1. The standard InChI is InChI=1S/C23H24N2O4S/c1-23(28)13-17-19(21(26)24-25(17)15-7-5-4-6-8-15)18(20(23)22(27)29-2)14-9-11-16(30-3)12-10-14/h4-12,18,20,28H,13H2,1-3H3,(H,24,26). The number of fused-ring (bicyclic) bond motifs is 1. The average Bonchev–Trinajstić information content (AvgIpc) is 3.07. The number of para-hydroxylation sites is 1. The number of hydrogen-bond acceptors (Lipinski definition) is 5. The van der Waals surface area contributed by atoms with E-state index in [2.05, 4.69) is 5.10 Å². The number of nitrogens with one attached hydrogen (secondary N) is 1. The Kier molecular flexibility index (Phi) is 5.34. The largest absolute Gasteiger partial charge is 0.469 e. The minimum atomic E-state index is -1.39. The summed E-state index contributed by atoms with van der Waals surface area (Å²) < 4.78 is 6.76. The molecule has 0 aliphatic heterocycles. The molecule has 0 bridgehead atoms. The van der Waals surface area contributed by atoms with E-state index >= 15 is 0 Å². The van der Waals surface area contributed by atoms with Gasteiger partial charge in [0.25, 0.3) is 5.56 Å². The van der Waals surface area contributed by atoms with E-state index in [1.807, 2.05) is 60.9 Å². The number of carbonyl (C=O) groups excluding carboxylic acids is 1. The van der Waals surface area contributed by atoms with Crippen molar-refractivity contribution in [1.82, 2.24) is 9.78 Å². The van der Waals surface area contributed by atoms with Crippen LogP contribution in [0.1, 0.15) is 29.7 Å². The number of thioether (sulfide) groups is 1. The van der Waals surface area contributed by atoms with E-state index in [4.69, 9.17) is 4.74 Å². The Balaban J connectivity index is 1.97. The molecule has 4 rings (SSSR count). The van der Waals surface area contributed by atoms with E-state index in [0.29, 0.717) is 11.3 Å². The van der Waals surface area contributed by atoms with Gasteiger partial charge in [0, 0.05) is 22.8 Å². The van der Waals surface area contributed by atoms with Crippen molar-refractivity contribution in [3.63, 3.8) is 0 Å². The van der Waals surface area contributed by atoms with Gasteiger partial charge in [0.1, 0.15) is 0 Å². The van der Waals surface area contributed by atoms with Crippen LogP contribution < -0.4 is 5.56 Å². The molecular weight excluding hydrogens is 400 g/mol. The van der Waals surface area contributed by atoms with Gasteiger partial charge < -0.3 is 9.84 Å². The molecule has 1 heterocycles. The minimum Gasteiger partial charge on any atom is -0.469 e. The van der Waals surface area contributed by atoms with Crippen LogP contribution in [0.5, 0.6) is 0 Å². The zero-order valence-corrected chi connectivity index (χ0v) is 17.9. The number of methoxy groups -OCH3 is 1. The molecule has 0 fully saturated rings. The maximum atomic E-state index is 13.1. The molecule has 6 nitrogen and oxygen atoms in total. The Morgan fingerprint density at radius 1 is 1.20 bits per heavy atom. The first kappa shape index (κ1) is 20.5. The maximum absolute atomic E-state index is 13.1. The number of rotatable bonds is 4. The Labute approximate surface area is 178 Å². The summed E-state index contributed by atoms with van der Waals surface area (Å²) in [6.07, 6.45) is 2.13. The highest BCUT2D eigenvalue weighted by Crippen LogP contribution is 2.45. The van der Waals surface area contributed by atoms with Crippen molar-refractivity contribution in [2.45, 2.75) is 29.8 Å². The SMILES string of the molecule is COC(=O)C1C(c2ccc(SC)cc2)c2c(n(-c3ccccc3)[nH]c2=O)CC1(C)O. The number of carbonyl (C=O) groups is 1. The first-order valence-electron chi connectivity index (χ1n) is 9.70. The number of hydrogen-bond donors (Lipinski definition) is 2. The Hall–Kier alpha value is -2.77. The van der Waals surface area contributed by atoms with Crippen molar-refractivity contribution in [3.8, 4) is 5.69 Å². The summed E-state index contributed by atoms with van der Waals surface area (Å²) in [6, 6.07) is 17.2. The third kappa shape index (κ3) is 3.38. The second kappa shape index (κ2) is 7.81. The summed E-state index contributed by atoms with van der Waals surface area (Å²) in [5.74, 6) is -2.06. The predicted molar refractivity (Wildman–Crippen MR) is 116 cm³/mol. The van der Waals surface area contributed by atoms with Gasteiger partial charge in [0.2, 0.25) is 0 Å². The second-order valence-corrected chi connectivity index (χ2v) is 8.64. The highest BCUT2D eigenvalue weighted by Gasteiger charge is 2.51. The van der Waals surface area contributed by atoms with Gasteiger partial charge in [-0.2, -0.15) is 0 Å². The Bertz CT molecular complexity index is 1120. The van der Waals surface area contributed by atoms with Crippen LogP contribution >= 0.6 is 11.8 Å². The van der Waals surface area contributed by atoms with Crippen LogP contribution in [0.3, 0.4) is 0 Å². The fraction of sp³-hybridized carbons (Fsp3) is 0.304. The number of ether oxygens (including phenoxy) is 1. The van der Waals surface area contributed by atoms with Crippen LogP contribution in [0.25, 0.3) is 5.69 Å². The lowest BCUT2D eigenvalue weighted by atomic mass is 9.66. The van der Waals surface area contributed by atoms with Gasteiger partial charge >= 0.3 is 5.97 Å². The molecule has 30 heavy (non-hydrogen) atoms. The van der Waals surface area contributed by atoms with Gasteiger partial charge in [-0.1, -0.05) is 30.3 Å². The topological polar surface area (TPSA) is 84.3 Å². The maximum Gasteiger partial charge on any atom is 0.312 e. The van der Waals surface area contributed by atoms with Gasteiger partial charge in [-0.25, -0.2) is 0 Å². The number of aliphatic hydroxyl groups is 1. The van der Waals surface area contributed by atoms with Crippen LogP contribution in [0.4, 0.5) is 0 Å². The molecule has 2 aromatic carbocycles. The van der Waals surface area contributed by atoms with Gasteiger partial charge in [0.05, 0.1) is 30.0 Å². The monoisotopic (exact) mass is 424 g/mol. The molecule has 0 amide bonds. The van der Waals surface area contributed by atoms with Crippen molar-refractivity contribution in [2.24, 2.45) is 5.92 Å². The van der Waals surface area contributed by atoms with Crippen LogP contribution in [-0.2, 0) is 16.0 Å². The summed E-state index contributed by atoms with van der Waals surface area (Å²) in [4.78, 5) is 27.0. The highest BCUT2D eigenvalue weighted by atomic mass is 32.2. The van der Waals surface area contributed by atoms with Crippen molar-refractivity contribution in [1.29, 1.82) is 0 Å². The van der Waals surface area contributed by atoms with Crippen molar-refractivity contribution in [3.05, 3.63) is 81.8 Å². The predicted octanol–water partition coefficient (Wildman–Crippen LogP) is 3.12. The molecule has 2 N–H and O–H groups in total. The molecule has 1 aromatic heterocycles. The molecule has 3 aromatic rings. The first-order valence-corrected chi connectivity index (χ1v) is 10.9. The Morgan fingerprint density at radius 3 is 2.47 bits per heavy atom. The van der Waals surface area contributed by atoms with Crippen LogP contribution in [0.2, 0.25) is 0 Å². The lowest BCUT2D eigenvalue weighted by molar-refractivity contribution is -0.156. The van der Waals surface area contributed by atoms with Gasteiger partial charge in [-0.3, -0.25) is 19.4 Å². The Morgan fingerprint density at radius 2 is 1.87 bits per heavy atom. The average molecular weight is 425 g/mol.